The summed E-state index contributed by atoms with van der Waals surface area (Å²) in [6.45, 7) is 13.3. The Morgan fingerprint density at radius 2 is 1.73 bits per heavy atom. The highest BCUT2D eigenvalue weighted by Crippen LogP contribution is 2.27. The molecule has 0 spiro atoms. The normalized spacial score (nSPS) is 20.8. The van der Waals surface area contributed by atoms with Crippen LogP contribution in [0.1, 0.15) is 59.8 Å². The minimum atomic E-state index is 0.532. The summed E-state index contributed by atoms with van der Waals surface area (Å²) in [5.41, 5.74) is 0.532. The van der Waals surface area contributed by atoms with Crippen LogP contribution >= 0.6 is 0 Å². The first-order valence-corrected chi connectivity index (χ1v) is 6.73. The zero-order valence-electron chi connectivity index (χ0n) is 11.2. The quantitative estimate of drug-likeness (QED) is 0.681. The van der Waals surface area contributed by atoms with Gasteiger partial charge in [-0.2, -0.15) is 0 Å². The molecule has 15 heavy (non-hydrogen) atoms. The van der Waals surface area contributed by atoms with Crippen LogP contribution in [0.4, 0.5) is 0 Å². The molecule has 0 N–H and O–H groups in total. The first-order valence-electron chi connectivity index (χ1n) is 6.73. The van der Waals surface area contributed by atoms with Gasteiger partial charge in [0.15, 0.2) is 0 Å². The van der Waals surface area contributed by atoms with Gasteiger partial charge >= 0.3 is 0 Å². The van der Waals surface area contributed by atoms with Crippen molar-refractivity contribution in [1.82, 2.24) is 4.90 Å². The molecule has 1 aliphatic rings. The van der Waals surface area contributed by atoms with Crippen LogP contribution in [0.3, 0.4) is 0 Å². The standard InChI is InChI=1S/C14H29N/c1-5-15-11-8-13(9-12-15)7-6-10-14(2,3)4/h13H,5-12H2,1-4H3. The third-order valence-corrected chi connectivity index (χ3v) is 3.69. The minimum Gasteiger partial charge on any atom is -0.304 e. The van der Waals surface area contributed by atoms with Crippen molar-refractivity contribution in [1.29, 1.82) is 0 Å². The van der Waals surface area contributed by atoms with Gasteiger partial charge in [-0.25, -0.2) is 0 Å². The highest BCUT2D eigenvalue weighted by atomic mass is 15.1. The second-order valence-electron chi connectivity index (χ2n) is 6.33. The van der Waals surface area contributed by atoms with Crippen LogP contribution in [0.5, 0.6) is 0 Å². The van der Waals surface area contributed by atoms with E-state index < -0.39 is 0 Å². The average molecular weight is 211 g/mol. The minimum absolute atomic E-state index is 0.532. The fraction of sp³-hybridized carbons (Fsp3) is 1.00. The van der Waals surface area contributed by atoms with E-state index in [1.54, 1.807) is 0 Å². The number of hydrogen-bond acceptors (Lipinski definition) is 1. The summed E-state index contributed by atoms with van der Waals surface area (Å²) in [6, 6.07) is 0. The summed E-state index contributed by atoms with van der Waals surface area (Å²) in [6.07, 6.45) is 7.17. The van der Waals surface area contributed by atoms with Gasteiger partial charge in [-0.05, 0) is 50.2 Å². The summed E-state index contributed by atoms with van der Waals surface area (Å²) in [5, 5.41) is 0. The Kier molecular flexibility index (Phi) is 5.11. The monoisotopic (exact) mass is 211 g/mol. The van der Waals surface area contributed by atoms with Crippen LogP contribution in [0, 0.1) is 11.3 Å². The van der Waals surface area contributed by atoms with E-state index in [9.17, 15) is 0 Å². The van der Waals surface area contributed by atoms with Crippen molar-refractivity contribution in [2.24, 2.45) is 11.3 Å². The van der Waals surface area contributed by atoms with Crippen molar-refractivity contribution in [2.45, 2.75) is 59.8 Å². The molecule has 0 aromatic heterocycles. The van der Waals surface area contributed by atoms with Gasteiger partial charge in [0.05, 0.1) is 0 Å². The molecule has 0 bridgehead atoms. The maximum absolute atomic E-state index is 2.58. The first-order chi connectivity index (χ1) is 7.01. The van der Waals surface area contributed by atoms with Crippen molar-refractivity contribution >= 4 is 0 Å². The molecule has 0 aliphatic carbocycles. The fourth-order valence-corrected chi connectivity index (χ4v) is 2.51. The maximum Gasteiger partial charge on any atom is -0.00162 e. The highest BCUT2D eigenvalue weighted by Gasteiger charge is 2.18. The predicted molar refractivity (Wildman–Crippen MR) is 68.1 cm³/mol. The third-order valence-electron chi connectivity index (χ3n) is 3.69. The van der Waals surface area contributed by atoms with Gasteiger partial charge in [-0.3, -0.25) is 0 Å². The summed E-state index contributed by atoms with van der Waals surface area (Å²) in [4.78, 5) is 2.58. The molecule has 1 nitrogen and oxygen atoms in total. The first kappa shape index (κ1) is 13.0. The Hall–Kier alpha value is -0.0400. The van der Waals surface area contributed by atoms with Crippen molar-refractivity contribution in [3.8, 4) is 0 Å². The summed E-state index contributed by atoms with van der Waals surface area (Å²) >= 11 is 0. The Bertz CT molecular complexity index is 161. The molecule has 1 fully saturated rings. The number of piperidine rings is 1. The molecular weight excluding hydrogens is 182 g/mol. The molecule has 1 aliphatic heterocycles. The molecular formula is C14H29N. The molecule has 0 atom stereocenters. The van der Waals surface area contributed by atoms with Crippen LogP contribution in [-0.2, 0) is 0 Å². The van der Waals surface area contributed by atoms with Crippen molar-refractivity contribution in [3.05, 3.63) is 0 Å². The SMILES string of the molecule is CCN1CCC(CCCC(C)(C)C)CC1. The largest absolute Gasteiger partial charge is 0.304 e. The molecule has 0 radical (unpaired) electrons. The lowest BCUT2D eigenvalue weighted by Crippen LogP contribution is -2.33. The van der Waals surface area contributed by atoms with Crippen LogP contribution in [0.2, 0.25) is 0 Å². The van der Waals surface area contributed by atoms with E-state index in [4.69, 9.17) is 0 Å². The van der Waals surface area contributed by atoms with Gasteiger partial charge in [0.2, 0.25) is 0 Å². The van der Waals surface area contributed by atoms with E-state index in [1.165, 1.54) is 51.7 Å². The van der Waals surface area contributed by atoms with E-state index in [1.807, 2.05) is 0 Å². The number of likely N-dealkylation sites (tertiary alicyclic amines) is 1. The van der Waals surface area contributed by atoms with Crippen molar-refractivity contribution < 1.29 is 0 Å². The van der Waals surface area contributed by atoms with Crippen molar-refractivity contribution in [2.75, 3.05) is 19.6 Å². The fourth-order valence-electron chi connectivity index (χ4n) is 2.51. The number of hydrogen-bond donors (Lipinski definition) is 0. The molecule has 0 saturated carbocycles. The van der Waals surface area contributed by atoms with Gasteiger partial charge in [-0.15, -0.1) is 0 Å². The molecule has 1 heterocycles. The number of nitrogens with zero attached hydrogens (tertiary/aromatic N) is 1. The van der Waals surface area contributed by atoms with Gasteiger partial charge in [0.1, 0.15) is 0 Å². The van der Waals surface area contributed by atoms with Gasteiger partial charge in [0, 0.05) is 0 Å². The number of rotatable bonds is 4. The Morgan fingerprint density at radius 3 is 2.20 bits per heavy atom. The third kappa shape index (κ3) is 5.55. The molecule has 1 heteroatoms. The van der Waals surface area contributed by atoms with Crippen molar-refractivity contribution in [3.63, 3.8) is 0 Å². The lowest BCUT2D eigenvalue weighted by atomic mass is 9.85. The topological polar surface area (TPSA) is 3.24 Å². The summed E-state index contributed by atoms with van der Waals surface area (Å²) in [7, 11) is 0. The highest BCUT2D eigenvalue weighted by molar-refractivity contribution is 4.72. The lowest BCUT2D eigenvalue weighted by Gasteiger charge is -2.31. The van der Waals surface area contributed by atoms with E-state index in [-0.39, 0.29) is 0 Å². The zero-order chi connectivity index (χ0) is 11.3. The van der Waals surface area contributed by atoms with E-state index >= 15 is 0 Å². The smallest absolute Gasteiger partial charge is 0.00162 e. The maximum atomic E-state index is 2.58. The van der Waals surface area contributed by atoms with Crippen LogP contribution < -0.4 is 0 Å². The van der Waals surface area contributed by atoms with Gasteiger partial charge in [-0.1, -0.05) is 40.5 Å². The Morgan fingerprint density at radius 1 is 1.13 bits per heavy atom. The zero-order valence-corrected chi connectivity index (χ0v) is 11.2. The van der Waals surface area contributed by atoms with Crippen LogP contribution in [0.15, 0.2) is 0 Å². The molecule has 1 saturated heterocycles. The second-order valence-corrected chi connectivity index (χ2v) is 6.33. The second kappa shape index (κ2) is 5.89. The van der Waals surface area contributed by atoms with E-state index in [2.05, 4.69) is 32.6 Å². The van der Waals surface area contributed by atoms with Crippen LogP contribution in [0.25, 0.3) is 0 Å². The molecule has 0 aromatic carbocycles. The van der Waals surface area contributed by atoms with E-state index in [0.717, 1.165) is 5.92 Å². The molecule has 1 rings (SSSR count). The van der Waals surface area contributed by atoms with E-state index in [0.29, 0.717) is 5.41 Å². The van der Waals surface area contributed by atoms with Crippen LogP contribution in [-0.4, -0.2) is 24.5 Å². The Balaban J connectivity index is 2.09. The Labute approximate surface area is 96.2 Å². The predicted octanol–water partition coefficient (Wildman–Crippen LogP) is 3.93. The van der Waals surface area contributed by atoms with Gasteiger partial charge in [0.25, 0.3) is 0 Å². The summed E-state index contributed by atoms with van der Waals surface area (Å²) < 4.78 is 0. The molecule has 0 unspecified atom stereocenters. The molecule has 90 valence electrons. The van der Waals surface area contributed by atoms with Gasteiger partial charge < -0.3 is 4.90 Å². The lowest BCUT2D eigenvalue weighted by molar-refractivity contribution is 0.181. The summed E-state index contributed by atoms with van der Waals surface area (Å²) in [5.74, 6) is 1.02. The average Bonchev–Trinajstić information content (AvgIpc) is 2.17. The molecule has 0 amide bonds. The molecule has 0 aromatic rings.